The third kappa shape index (κ3) is 3.28. The average Bonchev–Trinajstić information content (AvgIpc) is 2.33. The molecule has 1 aromatic heterocycles. The molecule has 0 saturated carbocycles. The van der Waals surface area contributed by atoms with Crippen LogP contribution in [0.3, 0.4) is 0 Å². The summed E-state index contributed by atoms with van der Waals surface area (Å²) in [7, 11) is 0. The molecule has 0 N–H and O–H groups in total. The first-order valence-corrected chi connectivity index (χ1v) is 8.35. The van der Waals surface area contributed by atoms with E-state index in [1.165, 1.54) is 6.07 Å². The van der Waals surface area contributed by atoms with E-state index < -0.39 is 17.0 Å². The third-order valence-electron chi connectivity index (χ3n) is 4.01. The van der Waals surface area contributed by atoms with Gasteiger partial charge in [0.2, 0.25) is 0 Å². The molecule has 0 unspecified atom stereocenters. The van der Waals surface area contributed by atoms with E-state index in [0.717, 1.165) is 0 Å². The standard InChI is InChI=1S/C20H28F2N2/c1-18(2,3)13-12(21)10-11-15(14(13)22)23-17(20(7,8)9)24-16(11)19(4,5)6/h10H,1-9H3. The van der Waals surface area contributed by atoms with Crippen molar-refractivity contribution in [2.75, 3.05) is 0 Å². The third-order valence-corrected chi connectivity index (χ3v) is 4.01. The lowest BCUT2D eigenvalue weighted by molar-refractivity contribution is 0.476. The Balaban J connectivity index is 3.03. The zero-order chi connectivity index (χ0) is 18.7. The maximum Gasteiger partial charge on any atom is 0.156 e. The second-order valence-corrected chi connectivity index (χ2v) is 9.59. The molecule has 0 bridgehead atoms. The molecule has 4 heteroatoms. The fraction of sp³-hybridized carbons (Fsp3) is 0.600. The van der Waals surface area contributed by atoms with Crippen LogP contribution >= 0.6 is 0 Å². The summed E-state index contributed by atoms with van der Waals surface area (Å²) >= 11 is 0. The van der Waals surface area contributed by atoms with Crippen LogP contribution in [0.4, 0.5) is 8.78 Å². The van der Waals surface area contributed by atoms with Gasteiger partial charge >= 0.3 is 0 Å². The highest BCUT2D eigenvalue weighted by molar-refractivity contribution is 5.84. The Labute approximate surface area is 143 Å². The maximum absolute atomic E-state index is 15.2. The molecule has 2 rings (SSSR count). The maximum atomic E-state index is 15.2. The van der Waals surface area contributed by atoms with Crippen molar-refractivity contribution >= 4 is 10.9 Å². The Morgan fingerprint density at radius 1 is 0.750 bits per heavy atom. The highest BCUT2D eigenvalue weighted by Gasteiger charge is 2.31. The summed E-state index contributed by atoms with van der Waals surface area (Å²) in [5.41, 5.74) is -0.340. The van der Waals surface area contributed by atoms with Gasteiger partial charge in [0.1, 0.15) is 17.2 Å². The molecule has 0 amide bonds. The minimum absolute atomic E-state index is 0.0772. The summed E-state index contributed by atoms with van der Waals surface area (Å²) in [5, 5.41) is 0.457. The molecule has 1 aromatic carbocycles. The Kier molecular flexibility index (Phi) is 4.27. The van der Waals surface area contributed by atoms with Gasteiger partial charge in [-0.15, -0.1) is 0 Å². The number of hydrogen-bond acceptors (Lipinski definition) is 2. The number of fused-ring (bicyclic) bond motifs is 1. The molecule has 2 nitrogen and oxygen atoms in total. The summed E-state index contributed by atoms with van der Waals surface area (Å²) < 4.78 is 29.9. The Morgan fingerprint density at radius 3 is 1.71 bits per heavy atom. The van der Waals surface area contributed by atoms with Gasteiger partial charge in [-0.1, -0.05) is 62.3 Å². The highest BCUT2D eigenvalue weighted by atomic mass is 19.1. The summed E-state index contributed by atoms with van der Waals surface area (Å²) in [6.45, 7) is 17.4. The molecule has 1 heterocycles. The highest BCUT2D eigenvalue weighted by Crippen LogP contribution is 2.36. The quantitative estimate of drug-likeness (QED) is 0.608. The van der Waals surface area contributed by atoms with E-state index >= 15 is 4.39 Å². The smallest absolute Gasteiger partial charge is 0.156 e. The molecule has 0 spiro atoms. The lowest BCUT2D eigenvalue weighted by Crippen LogP contribution is -2.24. The molecule has 0 saturated heterocycles. The number of halogens is 2. The van der Waals surface area contributed by atoms with Gasteiger partial charge in [-0.25, -0.2) is 18.7 Å². The zero-order valence-corrected chi connectivity index (χ0v) is 16.2. The van der Waals surface area contributed by atoms with Gasteiger partial charge in [-0.3, -0.25) is 0 Å². The molecule has 132 valence electrons. The first kappa shape index (κ1) is 18.8. The first-order valence-electron chi connectivity index (χ1n) is 8.35. The van der Waals surface area contributed by atoms with E-state index in [4.69, 9.17) is 0 Å². The van der Waals surface area contributed by atoms with E-state index in [1.54, 1.807) is 20.8 Å². The lowest BCUT2D eigenvalue weighted by atomic mass is 9.83. The molecular formula is C20H28F2N2. The normalized spacial score (nSPS) is 13.6. The molecule has 0 radical (unpaired) electrons. The van der Waals surface area contributed by atoms with E-state index in [2.05, 4.69) is 9.97 Å². The summed E-state index contributed by atoms with van der Waals surface area (Å²) in [5.74, 6) is -0.536. The van der Waals surface area contributed by atoms with Crippen molar-refractivity contribution < 1.29 is 8.78 Å². The monoisotopic (exact) mass is 334 g/mol. The summed E-state index contributed by atoms with van der Waals surface area (Å²) in [4.78, 5) is 9.16. The van der Waals surface area contributed by atoms with Crippen LogP contribution in [0.1, 0.15) is 79.4 Å². The van der Waals surface area contributed by atoms with Gasteiger partial charge in [-0.05, 0) is 11.5 Å². The van der Waals surface area contributed by atoms with Crippen LogP contribution < -0.4 is 0 Å². The van der Waals surface area contributed by atoms with Crippen LogP contribution in [-0.2, 0) is 16.2 Å². The predicted molar refractivity (Wildman–Crippen MR) is 95.6 cm³/mol. The molecule has 2 aromatic rings. The molecule has 0 fully saturated rings. The minimum Gasteiger partial charge on any atom is -0.236 e. The minimum atomic E-state index is -0.642. The largest absolute Gasteiger partial charge is 0.236 e. The van der Waals surface area contributed by atoms with Crippen LogP contribution in [0.15, 0.2) is 6.07 Å². The van der Waals surface area contributed by atoms with Crippen molar-refractivity contribution in [3.05, 3.63) is 34.8 Å². The summed E-state index contributed by atoms with van der Waals surface area (Å²) in [6, 6.07) is 1.39. The first-order chi connectivity index (χ1) is 10.6. The van der Waals surface area contributed by atoms with Crippen LogP contribution in [0.5, 0.6) is 0 Å². The second-order valence-electron chi connectivity index (χ2n) is 9.59. The zero-order valence-electron chi connectivity index (χ0n) is 16.2. The molecule has 0 aliphatic carbocycles. The number of hydrogen-bond donors (Lipinski definition) is 0. The van der Waals surface area contributed by atoms with Crippen molar-refractivity contribution in [1.29, 1.82) is 0 Å². The van der Waals surface area contributed by atoms with Gasteiger partial charge in [0.05, 0.1) is 5.69 Å². The topological polar surface area (TPSA) is 25.8 Å². The van der Waals surface area contributed by atoms with Crippen LogP contribution in [0, 0.1) is 11.6 Å². The molecule has 0 aliphatic heterocycles. The summed E-state index contributed by atoms with van der Waals surface area (Å²) in [6.07, 6.45) is 0. The number of rotatable bonds is 0. The van der Waals surface area contributed by atoms with Crippen molar-refractivity contribution in [3.63, 3.8) is 0 Å². The number of benzene rings is 1. The fourth-order valence-electron chi connectivity index (χ4n) is 2.79. The van der Waals surface area contributed by atoms with Gasteiger partial charge in [0.15, 0.2) is 5.82 Å². The van der Waals surface area contributed by atoms with E-state index in [0.29, 0.717) is 16.9 Å². The van der Waals surface area contributed by atoms with Crippen LogP contribution in [-0.4, -0.2) is 9.97 Å². The van der Waals surface area contributed by atoms with E-state index in [1.807, 2.05) is 41.5 Å². The Morgan fingerprint density at radius 2 is 1.29 bits per heavy atom. The van der Waals surface area contributed by atoms with Gasteiger partial charge in [-0.2, -0.15) is 0 Å². The lowest BCUT2D eigenvalue weighted by Gasteiger charge is -2.26. The number of aromatic nitrogens is 2. The fourth-order valence-corrected chi connectivity index (χ4v) is 2.79. The average molecular weight is 334 g/mol. The molecule has 0 atom stereocenters. The SMILES string of the molecule is CC(C)(C)c1nc(C(C)(C)C)c2cc(F)c(C(C)(C)C)c(F)c2n1. The number of nitrogens with zero attached hydrogens (tertiary/aromatic N) is 2. The van der Waals surface area contributed by atoms with Gasteiger partial charge in [0.25, 0.3) is 0 Å². The van der Waals surface area contributed by atoms with Gasteiger partial charge in [0, 0.05) is 21.8 Å². The van der Waals surface area contributed by atoms with Crippen molar-refractivity contribution in [2.45, 2.75) is 78.6 Å². The van der Waals surface area contributed by atoms with Crippen molar-refractivity contribution in [3.8, 4) is 0 Å². The predicted octanol–water partition coefficient (Wildman–Crippen LogP) is 5.80. The molecular weight excluding hydrogens is 306 g/mol. The van der Waals surface area contributed by atoms with Crippen LogP contribution in [0.25, 0.3) is 10.9 Å². The molecule has 0 aliphatic rings. The molecule has 24 heavy (non-hydrogen) atoms. The second kappa shape index (κ2) is 5.47. The Hall–Kier alpha value is -1.58. The van der Waals surface area contributed by atoms with Crippen molar-refractivity contribution in [1.82, 2.24) is 9.97 Å². The van der Waals surface area contributed by atoms with Gasteiger partial charge < -0.3 is 0 Å². The Bertz CT molecular complexity index is 789. The van der Waals surface area contributed by atoms with Crippen molar-refractivity contribution in [2.24, 2.45) is 0 Å². The van der Waals surface area contributed by atoms with E-state index in [-0.39, 0.29) is 21.9 Å². The van der Waals surface area contributed by atoms with E-state index in [9.17, 15) is 4.39 Å². The van der Waals surface area contributed by atoms with Crippen LogP contribution in [0.2, 0.25) is 0 Å².